The summed E-state index contributed by atoms with van der Waals surface area (Å²) in [5, 5.41) is 2.88. The molecule has 0 aliphatic carbocycles. The zero-order valence-electron chi connectivity index (χ0n) is 15.7. The van der Waals surface area contributed by atoms with Gasteiger partial charge in [0.1, 0.15) is 0 Å². The number of carbonyl (C=O) groups excluding carboxylic acids is 1. The molecule has 5 rings (SSSR count). The number of aromatic amines is 1. The molecule has 4 aromatic rings. The van der Waals surface area contributed by atoms with E-state index < -0.39 is 0 Å². The topological polar surface area (TPSA) is 70.9 Å². The fraction of sp³-hybridized carbons (Fsp3) is 0.0833. The second-order valence-corrected chi connectivity index (χ2v) is 6.98. The number of carbonyl (C=O) groups is 1. The Morgan fingerprint density at radius 2 is 1.93 bits per heavy atom. The van der Waals surface area contributed by atoms with Crippen molar-refractivity contribution >= 4 is 18.1 Å². The third-order valence-corrected chi connectivity index (χ3v) is 5.12. The summed E-state index contributed by atoms with van der Waals surface area (Å²) < 4.78 is 5.23. The van der Waals surface area contributed by atoms with Gasteiger partial charge in [0.15, 0.2) is 0 Å². The second kappa shape index (κ2) is 7.28. The third kappa shape index (κ3) is 3.38. The molecule has 4 heterocycles. The van der Waals surface area contributed by atoms with E-state index in [1.54, 1.807) is 18.7 Å². The fourth-order valence-electron chi connectivity index (χ4n) is 3.65. The lowest BCUT2D eigenvalue weighted by molar-refractivity contribution is 0.0946. The van der Waals surface area contributed by atoms with Gasteiger partial charge in [-0.2, -0.15) is 0 Å². The SMILES string of the molecule is O=C1NCCc2[nH]c(-c3ccnc(C=Cc4ccccc4-c4ccoc4)c3)cc21. The first-order valence-corrected chi connectivity index (χ1v) is 9.54. The zero-order valence-corrected chi connectivity index (χ0v) is 15.7. The van der Waals surface area contributed by atoms with Gasteiger partial charge < -0.3 is 14.7 Å². The van der Waals surface area contributed by atoms with Crippen molar-refractivity contribution < 1.29 is 9.21 Å². The van der Waals surface area contributed by atoms with Crippen LogP contribution in [0.25, 0.3) is 34.5 Å². The van der Waals surface area contributed by atoms with E-state index in [0.29, 0.717) is 6.54 Å². The fourth-order valence-corrected chi connectivity index (χ4v) is 3.65. The minimum atomic E-state index is -0.0150. The summed E-state index contributed by atoms with van der Waals surface area (Å²) in [6.45, 7) is 0.673. The van der Waals surface area contributed by atoms with Crippen molar-refractivity contribution in [3.8, 4) is 22.4 Å². The van der Waals surface area contributed by atoms with Gasteiger partial charge >= 0.3 is 0 Å². The van der Waals surface area contributed by atoms with Crippen LogP contribution in [-0.4, -0.2) is 22.4 Å². The van der Waals surface area contributed by atoms with Crippen LogP contribution >= 0.6 is 0 Å². The number of nitrogens with one attached hydrogen (secondary N) is 2. The number of fused-ring (bicyclic) bond motifs is 1. The van der Waals surface area contributed by atoms with Crippen molar-refractivity contribution in [1.82, 2.24) is 15.3 Å². The van der Waals surface area contributed by atoms with Gasteiger partial charge in [-0.05, 0) is 41.5 Å². The zero-order chi connectivity index (χ0) is 19.6. The largest absolute Gasteiger partial charge is 0.472 e. The van der Waals surface area contributed by atoms with Gasteiger partial charge in [0.25, 0.3) is 5.91 Å². The van der Waals surface area contributed by atoms with Crippen LogP contribution in [0, 0.1) is 0 Å². The molecular formula is C24H19N3O2. The lowest BCUT2D eigenvalue weighted by Crippen LogP contribution is -2.31. The highest BCUT2D eigenvalue weighted by molar-refractivity contribution is 5.97. The molecule has 142 valence electrons. The van der Waals surface area contributed by atoms with Gasteiger partial charge in [0.2, 0.25) is 0 Å². The van der Waals surface area contributed by atoms with Crippen LogP contribution in [0.3, 0.4) is 0 Å². The average molecular weight is 381 g/mol. The lowest BCUT2D eigenvalue weighted by Gasteiger charge is -2.10. The van der Waals surface area contributed by atoms with Crippen LogP contribution in [-0.2, 0) is 6.42 Å². The maximum absolute atomic E-state index is 12.0. The number of aromatic nitrogens is 2. The van der Waals surface area contributed by atoms with Crippen molar-refractivity contribution in [2.45, 2.75) is 6.42 Å². The predicted octanol–water partition coefficient (Wildman–Crippen LogP) is 4.79. The first-order chi connectivity index (χ1) is 14.3. The number of furan rings is 1. The first kappa shape index (κ1) is 17.3. The van der Waals surface area contributed by atoms with E-state index in [-0.39, 0.29) is 5.91 Å². The quantitative estimate of drug-likeness (QED) is 0.534. The van der Waals surface area contributed by atoms with Crippen molar-refractivity contribution in [3.05, 3.63) is 89.8 Å². The van der Waals surface area contributed by atoms with Gasteiger partial charge in [-0.1, -0.05) is 30.3 Å². The number of rotatable bonds is 4. The molecule has 29 heavy (non-hydrogen) atoms. The van der Waals surface area contributed by atoms with Crippen molar-refractivity contribution in [2.75, 3.05) is 6.54 Å². The maximum Gasteiger partial charge on any atom is 0.253 e. The van der Waals surface area contributed by atoms with Crippen molar-refractivity contribution in [2.24, 2.45) is 0 Å². The Hall–Kier alpha value is -3.86. The van der Waals surface area contributed by atoms with Gasteiger partial charge in [-0.25, -0.2) is 0 Å². The number of benzene rings is 1. The van der Waals surface area contributed by atoms with Crippen LogP contribution in [0.15, 0.2) is 71.7 Å². The first-order valence-electron chi connectivity index (χ1n) is 9.54. The molecule has 2 N–H and O–H groups in total. The Morgan fingerprint density at radius 1 is 1.00 bits per heavy atom. The number of nitrogens with zero attached hydrogens (tertiary/aromatic N) is 1. The molecule has 0 saturated carbocycles. The summed E-state index contributed by atoms with van der Waals surface area (Å²) in [7, 11) is 0. The lowest BCUT2D eigenvalue weighted by atomic mass is 10.0. The van der Waals surface area contributed by atoms with Crippen LogP contribution in [0.5, 0.6) is 0 Å². The minimum absolute atomic E-state index is 0.0150. The Labute approximate surface area is 168 Å². The van der Waals surface area contributed by atoms with Crippen LogP contribution in [0.4, 0.5) is 0 Å². The van der Waals surface area contributed by atoms with Gasteiger partial charge in [0, 0.05) is 41.7 Å². The van der Waals surface area contributed by atoms with E-state index in [2.05, 4.69) is 33.5 Å². The van der Waals surface area contributed by atoms with E-state index in [1.165, 1.54) is 0 Å². The summed E-state index contributed by atoms with van der Waals surface area (Å²) >= 11 is 0. The molecule has 3 aromatic heterocycles. The summed E-state index contributed by atoms with van der Waals surface area (Å²) in [4.78, 5) is 19.9. The predicted molar refractivity (Wildman–Crippen MR) is 113 cm³/mol. The molecule has 0 saturated heterocycles. The highest BCUT2D eigenvalue weighted by Crippen LogP contribution is 2.27. The highest BCUT2D eigenvalue weighted by Gasteiger charge is 2.19. The van der Waals surface area contributed by atoms with E-state index in [0.717, 1.165) is 51.3 Å². The van der Waals surface area contributed by atoms with E-state index >= 15 is 0 Å². The van der Waals surface area contributed by atoms with Crippen LogP contribution < -0.4 is 5.32 Å². The van der Waals surface area contributed by atoms with E-state index in [1.807, 2.05) is 42.5 Å². The molecule has 0 unspecified atom stereocenters. The Kier molecular flexibility index (Phi) is 4.33. The molecule has 1 aromatic carbocycles. The van der Waals surface area contributed by atoms with Crippen molar-refractivity contribution in [1.29, 1.82) is 0 Å². The molecular weight excluding hydrogens is 362 g/mol. The number of amides is 1. The summed E-state index contributed by atoms with van der Waals surface area (Å²) in [5.74, 6) is -0.0150. The third-order valence-electron chi connectivity index (χ3n) is 5.12. The molecule has 0 fully saturated rings. The smallest absolute Gasteiger partial charge is 0.253 e. The summed E-state index contributed by atoms with van der Waals surface area (Å²) in [5.41, 5.74) is 7.75. The summed E-state index contributed by atoms with van der Waals surface area (Å²) in [6.07, 6.45) is 10.1. The van der Waals surface area contributed by atoms with E-state index in [4.69, 9.17) is 4.42 Å². The highest BCUT2D eigenvalue weighted by atomic mass is 16.3. The minimum Gasteiger partial charge on any atom is -0.472 e. The molecule has 0 spiro atoms. The normalized spacial score (nSPS) is 13.4. The Balaban J connectivity index is 1.45. The number of H-pyrrole nitrogens is 1. The molecule has 1 amide bonds. The van der Waals surface area contributed by atoms with Crippen LogP contribution in [0.1, 0.15) is 27.3 Å². The van der Waals surface area contributed by atoms with Crippen LogP contribution in [0.2, 0.25) is 0 Å². The molecule has 1 aliphatic rings. The molecule has 5 heteroatoms. The summed E-state index contributed by atoms with van der Waals surface area (Å²) in [6, 6.07) is 16.0. The molecule has 0 bridgehead atoms. The second-order valence-electron chi connectivity index (χ2n) is 6.98. The monoisotopic (exact) mass is 381 g/mol. The maximum atomic E-state index is 12.0. The molecule has 0 radical (unpaired) electrons. The van der Waals surface area contributed by atoms with E-state index in [9.17, 15) is 4.79 Å². The molecule has 1 aliphatic heterocycles. The van der Waals surface area contributed by atoms with Gasteiger partial charge in [-0.3, -0.25) is 9.78 Å². The molecule has 0 atom stereocenters. The average Bonchev–Trinajstić information content (AvgIpc) is 3.43. The number of pyridine rings is 1. The van der Waals surface area contributed by atoms with Gasteiger partial charge in [0.05, 0.1) is 23.8 Å². The van der Waals surface area contributed by atoms with Crippen molar-refractivity contribution in [3.63, 3.8) is 0 Å². The van der Waals surface area contributed by atoms with Gasteiger partial charge in [-0.15, -0.1) is 0 Å². The molecule has 5 nitrogen and oxygen atoms in total. The standard InChI is InChI=1S/C24H19N3O2/c28-24-21-14-23(27-22(21)8-11-26-24)17-7-10-25-19(13-17)6-5-16-3-1-2-4-20(16)18-9-12-29-15-18/h1-7,9-10,12-15,27H,8,11H2,(H,26,28). The Bertz CT molecular complexity index is 1200. The number of hydrogen-bond acceptors (Lipinski definition) is 3. The number of hydrogen-bond donors (Lipinski definition) is 2. The Morgan fingerprint density at radius 3 is 2.79 bits per heavy atom.